The van der Waals surface area contributed by atoms with Crippen molar-refractivity contribution in [1.29, 1.82) is 0 Å². The second-order valence-corrected chi connectivity index (χ2v) is 3.90. The predicted molar refractivity (Wildman–Crippen MR) is 59.1 cm³/mol. The van der Waals surface area contributed by atoms with Gasteiger partial charge in [-0.1, -0.05) is 0 Å². The average Bonchev–Trinajstić information content (AvgIpc) is 2.25. The van der Waals surface area contributed by atoms with E-state index in [-0.39, 0.29) is 0 Å². The number of ether oxygens (including phenoxy) is 3. The molecule has 0 saturated carbocycles. The molecule has 0 radical (unpaired) electrons. The highest BCUT2D eigenvalue weighted by atomic mass is 16.5. The first-order valence-corrected chi connectivity index (χ1v) is 5.76. The number of nitrogens with one attached hydrogen (secondary N) is 1. The van der Waals surface area contributed by atoms with Gasteiger partial charge in [0.2, 0.25) is 0 Å². The minimum Gasteiger partial charge on any atom is -0.382 e. The van der Waals surface area contributed by atoms with E-state index in [0.717, 1.165) is 13.0 Å². The van der Waals surface area contributed by atoms with Crippen molar-refractivity contribution in [3.05, 3.63) is 0 Å². The summed E-state index contributed by atoms with van der Waals surface area (Å²) >= 11 is 0. The first-order chi connectivity index (χ1) is 7.34. The van der Waals surface area contributed by atoms with Gasteiger partial charge in [0.15, 0.2) is 0 Å². The molecule has 4 nitrogen and oxygen atoms in total. The van der Waals surface area contributed by atoms with E-state index in [1.165, 1.54) is 6.42 Å². The maximum Gasteiger partial charge on any atom is 0.0726 e. The summed E-state index contributed by atoms with van der Waals surface area (Å²) in [6, 6.07) is 0.470. The molecule has 0 amide bonds. The van der Waals surface area contributed by atoms with Crippen LogP contribution in [0, 0.1) is 0 Å². The van der Waals surface area contributed by atoms with E-state index in [1.54, 1.807) is 7.11 Å². The van der Waals surface area contributed by atoms with E-state index in [1.807, 2.05) is 0 Å². The standard InChI is InChI=1S/C11H23NO3/c1-10-11(4-3-5-12-10)15-9-8-14-7-6-13-2/h10-12H,3-9H2,1-2H3. The Morgan fingerprint density at radius 3 is 2.73 bits per heavy atom. The third-order valence-electron chi connectivity index (χ3n) is 2.68. The van der Waals surface area contributed by atoms with Crippen LogP contribution in [0.3, 0.4) is 0 Å². The summed E-state index contributed by atoms with van der Waals surface area (Å²) in [6.07, 6.45) is 2.72. The maximum atomic E-state index is 5.75. The van der Waals surface area contributed by atoms with Crippen LogP contribution in [0.2, 0.25) is 0 Å². The van der Waals surface area contributed by atoms with Crippen LogP contribution in [-0.2, 0) is 14.2 Å². The topological polar surface area (TPSA) is 39.7 Å². The Labute approximate surface area is 92.3 Å². The molecule has 0 bridgehead atoms. The molecular formula is C11H23NO3. The van der Waals surface area contributed by atoms with Crippen LogP contribution in [0.1, 0.15) is 19.8 Å². The van der Waals surface area contributed by atoms with Crippen molar-refractivity contribution in [3.8, 4) is 0 Å². The smallest absolute Gasteiger partial charge is 0.0726 e. The Bertz CT molecular complexity index is 155. The summed E-state index contributed by atoms with van der Waals surface area (Å²) in [4.78, 5) is 0. The molecule has 2 unspecified atom stereocenters. The van der Waals surface area contributed by atoms with Crippen molar-refractivity contribution in [2.45, 2.75) is 31.9 Å². The predicted octanol–water partition coefficient (Wildman–Crippen LogP) is 0.806. The largest absolute Gasteiger partial charge is 0.382 e. The summed E-state index contributed by atoms with van der Waals surface area (Å²) in [7, 11) is 1.68. The molecule has 1 N–H and O–H groups in total. The van der Waals surface area contributed by atoms with Gasteiger partial charge in [0.25, 0.3) is 0 Å². The minimum atomic E-state index is 0.352. The summed E-state index contributed by atoms with van der Waals surface area (Å²) in [5.41, 5.74) is 0. The van der Waals surface area contributed by atoms with Crippen molar-refractivity contribution >= 4 is 0 Å². The lowest BCUT2D eigenvalue weighted by Crippen LogP contribution is -2.44. The van der Waals surface area contributed by atoms with Gasteiger partial charge in [0.05, 0.1) is 32.5 Å². The van der Waals surface area contributed by atoms with Crippen LogP contribution >= 0.6 is 0 Å². The van der Waals surface area contributed by atoms with E-state index in [2.05, 4.69) is 12.2 Å². The van der Waals surface area contributed by atoms with Crippen LogP contribution in [0.25, 0.3) is 0 Å². The second kappa shape index (κ2) is 8.05. The Balaban J connectivity index is 1.94. The molecule has 4 heteroatoms. The van der Waals surface area contributed by atoms with E-state index in [4.69, 9.17) is 14.2 Å². The van der Waals surface area contributed by atoms with Crippen LogP contribution in [0.5, 0.6) is 0 Å². The van der Waals surface area contributed by atoms with Gasteiger partial charge in [-0.05, 0) is 26.3 Å². The van der Waals surface area contributed by atoms with Crippen molar-refractivity contribution in [2.24, 2.45) is 0 Å². The Morgan fingerprint density at radius 2 is 2.00 bits per heavy atom. The normalized spacial score (nSPS) is 26.8. The molecule has 0 aliphatic carbocycles. The molecule has 0 spiro atoms. The van der Waals surface area contributed by atoms with Gasteiger partial charge < -0.3 is 19.5 Å². The van der Waals surface area contributed by atoms with Gasteiger partial charge in [-0.3, -0.25) is 0 Å². The van der Waals surface area contributed by atoms with E-state index in [9.17, 15) is 0 Å². The number of hydrogen-bond acceptors (Lipinski definition) is 4. The van der Waals surface area contributed by atoms with Gasteiger partial charge in [-0.15, -0.1) is 0 Å². The van der Waals surface area contributed by atoms with Crippen LogP contribution < -0.4 is 5.32 Å². The quantitative estimate of drug-likeness (QED) is 0.641. The third-order valence-corrected chi connectivity index (χ3v) is 2.68. The van der Waals surface area contributed by atoms with Crippen molar-refractivity contribution < 1.29 is 14.2 Å². The molecule has 1 aliphatic heterocycles. The molecule has 0 aromatic heterocycles. The zero-order valence-electron chi connectivity index (χ0n) is 9.83. The Morgan fingerprint density at radius 1 is 1.20 bits per heavy atom. The van der Waals surface area contributed by atoms with Crippen molar-refractivity contribution in [2.75, 3.05) is 40.1 Å². The van der Waals surface area contributed by atoms with Crippen molar-refractivity contribution in [3.63, 3.8) is 0 Å². The number of rotatable bonds is 7. The minimum absolute atomic E-state index is 0.352. The number of methoxy groups -OCH3 is 1. The van der Waals surface area contributed by atoms with Gasteiger partial charge in [0, 0.05) is 13.2 Å². The highest BCUT2D eigenvalue weighted by molar-refractivity contribution is 4.77. The highest BCUT2D eigenvalue weighted by Crippen LogP contribution is 2.11. The van der Waals surface area contributed by atoms with Crippen LogP contribution in [-0.4, -0.2) is 52.2 Å². The summed E-state index contributed by atoms with van der Waals surface area (Å²) in [5.74, 6) is 0. The molecule has 1 rings (SSSR count). The summed E-state index contributed by atoms with van der Waals surface area (Å²) < 4.78 is 16.0. The molecule has 1 saturated heterocycles. The molecule has 90 valence electrons. The molecule has 2 atom stereocenters. The zero-order chi connectivity index (χ0) is 10.9. The fourth-order valence-electron chi connectivity index (χ4n) is 1.74. The number of hydrogen-bond donors (Lipinski definition) is 1. The van der Waals surface area contributed by atoms with Gasteiger partial charge in [-0.2, -0.15) is 0 Å². The lowest BCUT2D eigenvalue weighted by atomic mass is 10.0. The molecule has 0 aromatic carbocycles. The SMILES string of the molecule is COCCOCCOC1CCCNC1C. The van der Waals surface area contributed by atoms with E-state index in [0.29, 0.717) is 38.6 Å². The lowest BCUT2D eigenvalue weighted by Gasteiger charge is -2.29. The zero-order valence-corrected chi connectivity index (χ0v) is 9.83. The average molecular weight is 217 g/mol. The fraction of sp³-hybridized carbons (Fsp3) is 1.00. The van der Waals surface area contributed by atoms with E-state index >= 15 is 0 Å². The molecular weight excluding hydrogens is 194 g/mol. The van der Waals surface area contributed by atoms with Crippen LogP contribution in [0.4, 0.5) is 0 Å². The lowest BCUT2D eigenvalue weighted by molar-refractivity contribution is -0.0271. The summed E-state index contributed by atoms with van der Waals surface area (Å²) in [5, 5.41) is 3.41. The van der Waals surface area contributed by atoms with Gasteiger partial charge in [-0.25, -0.2) is 0 Å². The number of piperidine rings is 1. The third kappa shape index (κ3) is 5.47. The molecule has 15 heavy (non-hydrogen) atoms. The second-order valence-electron chi connectivity index (χ2n) is 3.90. The molecule has 1 aliphatic rings. The van der Waals surface area contributed by atoms with E-state index < -0.39 is 0 Å². The molecule has 1 heterocycles. The monoisotopic (exact) mass is 217 g/mol. The van der Waals surface area contributed by atoms with Crippen LogP contribution in [0.15, 0.2) is 0 Å². The first-order valence-electron chi connectivity index (χ1n) is 5.76. The molecule has 0 aromatic rings. The van der Waals surface area contributed by atoms with Gasteiger partial charge >= 0.3 is 0 Å². The maximum absolute atomic E-state index is 5.75. The fourth-order valence-corrected chi connectivity index (χ4v) is 1.74. The van der Waals surface area contributed by atoms with Gasteiger partial charge in [0.1, 0.15) is 0 Å². The molecule has 1 fully saturated rings. The first kappa shape index (κ1) is 12.9. The highest BCUT2D eigenvalue weighted by Gasteiger charge is 2.20. The summed E-state index contributed by atoms with van der Waals surface area (Å²) in [6.45, 7) is 5.94. The Hall–Kier alpha value is -0.160. The van der Waals surface area contributed by atoms with Crippen molar-refractivity contribution in [1.82, 2.24) is 5.32 Å². The Kier molecular flexibility index (Phi) is 6.92.